The van der Waals surface area contributed by atoms with Crippen LogP contribution in [0.25, 0.3) is 0 Å². The van der Waals surface area contributed by atoms with Crippen molar-refractivity contribution in [3.8, 4) is 0 Å². The molecule has 0 aromatic carbocycles. The predicted molar refractivity (Wildman–Crippen MR) is 87.9 cm³/mol. The number of halogens is 3. The number of nitrogens with zero attached hydrogens (tertiary/aromatic N) is 3. The van der Waals surface area contributed by atoms with Crippen molar-refractivity contribution in [2.24, 2.45) is 4.99 Å². The van der Waals surface area contributed by atoms with E-state index in [1.165, 1.54) is 21.6 Å². The molecule has 4 nitrogen and oxygen atoms in total. The van der Waals surface area contributed by atoms with Crippen molar-refractivity contribution in [3.05, 3.63) is 21.9 Å². The predicted octanol–water partition coefficient (Wildman–Crippen LogP) is 2.70. The van der Waals surface area contributed by atoms with E-state index >= 15 is 0 Å². The Kier molecular flexibility index (Phi) is 5.91. The summed E-state index contributed by atoms with van der Waals surface area (Å²) in [5, 5.41) is 3.29. The molecule has 0 bridgehead atoms. The van der Waals surface area contributed by atoms with E-state index in [1.54, 1.807) is 18.4 Å². The smallest absolute Gasteiger partial charge is 0.351 e. The highest BCUT2D eigenvalue weighted by molar-refractivity contribution is 7.11. The van der Waals surface area contributed by atoms with Crippen molar-refractivity contribution in [2.75, 3.05) is 33.2 Å². The van der Waals surface area contributed by atoms with Crippen LogP contribution in [0.15, 0.2) is 17.1 Å². The summed E-state index contributed by atoms with van der Waals surface area (Å²) in [6.45, 7) is 5.84. The molecule has 0 spiro atoms. The third-order valence-corrected chi connectivity index (χ3v) is 5.06. The Hall–Kier alpha value is -1.28. The molecule has 130 valence electrons. The Labute approximate surface area is 139 Å². The Morgan fingerprint density at radius 1 is 1.30 bits per heavy atom. The van der Waals surface area contributed by atoms with Crippen molar-refractivity contribution in [1.29, 1.82) is 0 Å². The van der Waals surface area contributed by atoms with E-state index in [0.29, 0.717) is 32.7 Å². The zero-order chi connectivity index (χ0) is 17.0. The lowest BCUT2D eigenvalue weighted by Gasteiger charge is -2.39. The Balaban J connectivity index is 1.85. The van der Waals surface area contributed by atoms with Gasteiger partial charge in [0, 0.05) is 43.0 Å². The normalized spacial score (nSPS) is 19.0. The number of thiophene rings is 1. The molecule has 0 saturated carbocycles. The minimum atomic E-state index is -4.17. The summed E-state index contributed by atoms with van der Waals surface area (Å²) in [6, 6.07) is 2.75. The van der Waals surface area contributed by atoms with E-state index in [0.717, 1.165) is 5.96 Å². The number of alkyl halides is 3. The Morgan fingerprint density at radius 2 is 1.96 bits per heavy atom. The highest BCUT2D eigenvalue weighted by atomic mass is 32.1. The van der Waals surface area contributed by atoms with Crippen molar-refractivity contribution in [3.63, 3.8) is 0 Å². The minimum Gasteiger partial charge on any atom is -0.351 e. The minimum absolute atomic E-state index is 0.388. The van der Waals surface area contributed by atoms with Gasteiger partial charge in [-0.25, -0.2) is 0 Å². The van der Waals surface area contributed by atoms with Gasteiger partial charge in [-0.1, -0.05) is 0 Å². The summed E-state index contributed by atoms with van der Waals surface area (Å²) < 4.78 is 38.3. The molecule has 1 N–H and O–H groups in total. The molecule has 1 aromatic heterocycles. The fraction of sp³-hybridized carbons (Fsp3) is 0.667. The van der Waals surface area contributed by atoms with Gasteiger partial charge in [0.15, 0.2) is 5.96 Å². The first-order chi connectivity index (χ1) is 10.8. The summed E-state index contributed by atoms with van der Waals surface area (Å²) in [7, 11) is 1.70. The Morgan fingerprint density at radius 3 is 2.43 bits per heavy atom. The molecule has 23 heavy (non-hydrogen) atoms. The lowest BCUT2D eigenvalue weighted by molar-refractivity contribution is -0.181. The molecule has 8 heteroatoms. The lowest BCUT2D eigenvalue weighted by Crippen LogP contribution is -2.56. The van der Waals surface area contributed by atoms with E-state index in [2.05, 4.69) is 29.4 Å². The largest absolute Gasteiger partial charge is 0.403 e. The molecule has 1 fully saturated rings. The molecular weight excluding hydrogens is 325 g/mol. The van der Waals surface area contributed by atoms with Crippen LogP contribution in [-0.2, 0) is 6.54 Å². The standard InChI is InChI=1S/C15H23F3N4S/c1-11-4-5-13(23-11)10-20-14(19-3)22-8-6-21(7-9-22)12(2)15(16,17)18/h4-5,12H,6-10H2,1-3H3,(H,19,20). The highest BCUT2D eigenvalue weighted by Crippen LogP contribution is 2.25. The van der Waals surface area contributed by atoms with Crippen molar-refractivity contribution >= 4 is 17.3 Å². The second-order valence-electron chi connectivity index (χ2n) is 5.65. The number of hydrogen-bond donors (Lipinski definition) is 1. The first kappa shape index (κ1) is 18.1. The molecule has 1 saturated heterocycles. The number of piperazine rings is 1. The van der Waals surface area contributed by atoms with Crippen LogP contribution in [0.5, 0.6) is 0 Å². The monoisotopic (exact) mass is 348 g/mol. The van der Waals surface area contributed by atoms with E-state index in [1.807, 2.05) is 4.90 Å². The van der Waals surface area contributed by atoms with Crippen molar-refractivity contribution in [2.45, 2.75) is 32.6 Å². The second-order valence-corrected chi connectivity index (χ2v) is 7.03. The van der Waals surface area contributed by atoms with Gasteiger partial charge in [-0.3, -0.25) is 9.89 Å². The van der Waals surface area contributed by atoms with Crippen LogP contribution in [0.4, 0.5) is 13.2 Å². The van der Waals surface area contributed by atoms with Gasteiger partial charge in [-0.2, -0.15) is 13.2 Å². The lowest BCUT2D eigenvalue weighted by atomic mass is 10.2. The van der Waals surface area contributed by atoms with Gasteiger partial charge in [0.25, 0.3) is 0 Å². The van der Waals surface area contributed by atoms with E-state index < -0.39 is 12.2 Å². The van der Waals surface area contributed by atoms with Crippen LogP contribution in [0, 0.1) is 6.92 Å². The third kappa shape index (κ3) is 4.84. The van der Waals surface area contributed by atoms with Crippen LogP contribution >= 0.6 is 11.3 Å². The maximum absolute atomic E-state index is 12.8. The van der Waals surface area contributed by atoms with Gasteiger partial charge in [0.1, 0.15) is 6.04 Å². The molecule has 1 unspecified atom stereocenters. The maximum Gasteiger partial charge on any atom is 0.403 e. The fourth-order valence-electron chi connectivity index (χ4n) is 2.61. The molecule has 2 heterocycles. The van der Waals surface area contributed by atoms with Gasteiger partial charge >= 0.3 is 6.18 Å². The Bertz CT molecular complexity index is 533. The average molecular weight is 348 g/mol. The number of guanidine groups is 1. The van der Waals surface area contributed by atoms with Gasteiger partial charge in [0.2, 0.25) is 0 Å². The van der Waals surface area contributed by atoms with Gasteiger partial charge in [-0.05, 0) is 26.0 Å². The topological polar surface area (TPSA) is 30.9 Å². The fourth-order valence-corrected chi connectivity index (χ4v) is 3.44. The molecular formula is C15H23F3N4S. The highest BCUT2D eigenvalue weighted by Gasteiger charge is 2.41. The van der Waals surface area contributed by atoms with Crippen LogP contribution < -0.4 is 5.32 Å². The molecule has 1 atom stereocenters. The molecule has 1 aliphatic rings. The van der Waals surface area contributed by atoms with E-state index in [4.69, 9.17) is 0 Å². The summed E-state index contributed by atoms with van der Waals surface area (Å²) in [6.07, 6.45) is -4.17. The first-order valence-electron chi connectivity index (χ1n) is 7.63. The van der Waals surface area contributed by atoms with Gasteiger partial charge < -0.3 is 10.2 Å². The second kappa shape index (κ2) is 7.53. The number of hydrogen-bond acceptors (Lipinski definition) is 3. The molecule has 1 aromatic rings. The summed E-state index contributed by atoms with van der Waals surface area (Å²) in [5.74, 6) is 0.746. The van der Waals surface area contributed by atoms with Gasteiger partial charge in [-0.15, -0.1) is 11.3 Å². The maximum atomic E-state index is 12.8. The summed E-state index contributed by atoms with van der Waals surface area (Å²) in [5.41, 5.74) is 0. The van der Waals surface area contributed by atoms with E-state index in [-0.39, 0.29) is 0 Å². The van der Waals surface area contributed by atoms with Gasteiger partial charge in [0.05, 0.1) is 6.54 Å². The summed E-state index contributed by atoms with van der Waals surface area (Å²) >= 11 is 1.72. The number of nitrogens with one attached hydrogen (secondary N) is 1. The van der Waals surface area contributed by atoms with Crippen LogP contribution in [0.2, 0.25) is 0 Å². The van der Waals surface area contributed by atoms with Crippen molar-refractivity contribution < 1.29 is 13.2 Å². The zero-order valence-corrected chi connectivity index (χ0v) is 14.5. The van der Waals surface area contributed by atoms with Crippen LogP contribution in [-0.4, -0.2) is 61.2 Å². The number of rotatable bonds is 3. The quantitative estimate of drug-likeness (QED) is 0.673. The van der Waals surface area contributed by atoms with Crippen LogP contribution in [0.1, 0.15) is 16.7 Å². The molecule has 0 aliphatic carbocycles. The summed E-state index contributed by atoms with van der Waals surface area (Å²) in [4.78, 5) is 10.2. The number of aliphatic imine (C=N–C) groups is 1. The molecule has 0 radical (unpaired) electrons. The number of aryl methyl sites for hydroxylation is 1. The average Bonchev–Trinajstić information content (AvgIpc) is 2.92. The molecule has 1 aliphatic heterocycles. The third-order valence-electron chi connectivity index (χ3n) is 4.06. The molecule has 0 amide bonds. The van der Waals surface area contributed by atoms with Crippen LogP contribution in [0.3, 0.4) is 0 Å². The van der Waals surface area contributed by atoms with Crippen molar-refractivity contribution in [1.82, 2.24) is 15.1 Å². The zero-order valence-electron chi connectivity index (χ0n) is 13.7. The van der Waals surface area contributed by atoms with E-state index in [9.17, 15) is 13.2 Å². The first-order valence-corrected chi connectivity index (χ1v) is 8.44. The SMILES string of the molecule is CN=C(NCc1ccc(C)s1)N1CCN(C(C)C(F)(F)F)CC1. The molecule has 2 rings (SSSR count).